The van der Waals surface area contributed by atoms with E-state index in [1.165, 1.54) is 12.1 Å². The summed E-state index contributed by atoms with van der Waals surface area (Å²) < 4.78 is 17.9. The van der Waals surface area contributed by atoms with Crippen molar-refractivity contribution in [3.63, 3.8) is 0 Å². The Morgan fingerprint density at radius 3 is 2.36 bits per heavy atom. The van der Waals surface area contributed by atoms with Crippen LogP contribution in [0.25, 0.3) is 0 Å². The summed E-state index contributed by atoms with van der Waals surface area (Å²) in [6, 6.07) is 5.98. The van der Waals surface area contributed by atoms with E-state index in [-0.39, 0.29) is 11.4 Å². The number of hydrogen-bond donors (Lipinski definition) is 1. The molecule has 0 aromatic heterocycles. The number of hydrogen-bond acceptors (Lipinski definition) is 2. The fourth-order valence-electron chi connectivity index (χ4n) is 0.963. The molecular formula is C11H16FNO. The van der Waals surface area contributed by atoms with Gasteiger partial charge in [-0.1, -0.05) is 0 Å². The quantitative estimate of drug-likeness (QED) is 0.804. The Balaban J connectivity index is 2.35. The van der Waals surface area contributed by atoms with Gasteiger partial charge in [-0.15, -0.1) is 0 Å². The van der Waals surface area contributed by atoms with Crippen LogP contribution in [0.15, 0.2) is 24.3 Å². The van der Waals surface area contributed by atoms with Gasteiger partial charge in [0.2, 0.25) is 0 Å². The Bertz CT molecular complexity index is 276. The van der Waals surface area contributed by atoms with Gasteiger partial charge in [-0.05, 0) is 44.5 Å². The summed E-state index contributed by atoms with van der Waals surface area (Å²) in [5.41, 5.74) is 5.56. The van der Waals surface area contributed by atoms with Crippen molar-refractivity contribution in [3.8, 4) is 5.75 Å². The molecule has 0 radical (unpaired) electrons. The molecule has 0 saturated carbocycles. The first-order valence-electron chi connectivity index (χ1n) is 4.65. The zero-order chi connectivity index (χ0) is 10.6. The van der Waals surface area contributed by atoms with Crippen LogP contribution in [0.5, 0.6) is 5.75 Å². The zero-order valence-electron chi connectivity index (χ0n) is 8.59. The van der Waals surface area contributed by atoms with Gasteiger partial charge in [-0.25, -0.2) is 4.39 Å². The molecule has 2 N–H and O–H groups in total. The summed E-state index contributed by atoms with van der Waals surface area (Å²) in [6.45, 7) is 4.44. The van der Waals surface area contributed by atoms with Crippen molar-refractivity contribution in [3.05, 3.63) is 30.1 Å². The van der Waals surface area contributed by atoms with Crippen LogP contribution >= 0.6 is 0 Å². The number of nitrogens with two attached hydrogens (primary N) is 1. The fraction of sp³-hybridized carbons (Fsp3) is 0.455. The van der Waals surface area contributed by atoms with Crippen molar-refractivity contribution >= 4 is 0 Å². The van der Waals surface area contributed by atoms with Crippen molar-refractivity contribution < 1.29 is 9.13 Å². The lowest BCUT2D eigenvalue weighted by molar-refractivity contribution is 0.274. The van der Waals surface area contributed by atoms with Gasteiger partial charge in [0, 0.05) is 5.54 Å². The van der Waals surface area contributed by atoms with Gasteiger partial charge in [0.05, 0.1) is 6.61 Å². The van der Waals surface area contributed by atoms with E-state index in [4.69, 9.17) is 10.5 Å². The molecular weight excluding hydrogens is 181 g/mol. The van der Waals surface area contributed by atoms with Crippen molar-refractivity contribution in [1.29, 1.82) is 0 Å². The fourth-order valence-corrected chi connectivity index (χ4v) is 0.963. The van der Waals surface area contributed by atoms with Crippen molar-refractivity contribution in [2.24, 2.45) is 5.73 Å². The summed E-state index contributed by atoms with van der Waals surface area (Å²) in [5.74, 6) is 0.423. The normalized spacial score (nSPS) is 11.4. The smallest absolute Gasteiger partial charge is 0.123 e. The average molecular weight is 197 g/mol. The molecule has 0 saturated heterocycles. The van der Waals surface area contributed by atoms with E-state index < -0.39 is 0 Å². The number of benzene rings is 1. The zero-order valence-corrected chi connectivity index (χ0v) is 8.59. The lowest BCUT2D eigenvalue weighted by Gasteiger charge is -2.18. The second kappa shape index (κ2) is 4.42. The Morgan fingerprint density at radius 1 is 1.29 bits per heavy atom. The SMILES string of the molecule is CC(C)(N)CCOc1ccc(F)cc1. The molecule has 0 spiro atoms. The molecule has 0 aliphatic heterocycles. The summed E-state index contributed by atoms with van der Waals surface area (Å²) in [7, 11) is 0. The predicted molar refractivity (Wildman–Crippen MR) is 54.8 cm³/mol. The van der Waals surface area contributed by atoms with E-state index in [0.29, 0.717) is 12.4 Å². The lowest BCUT2D eigenvalue weighted by Crippen LogP contribution is -2.33. The number of rotatable bonds is 4. The highest BCUT2D eigenvalue weighted by molar-refractivity contribution is 5.21. The average Bonchev–Trinajstić information content (AvgIpc) is 2.06. The topological polar surface area (TPSA) is 35.2 Å². The van der Waals surface area contributed by atoms with Gasteiger partial charge < -0.3 is 10.5 Å². The van der Waals surface area contributed by atoms with Gasteiger partial charge in [0.25, 0.3) is 0 Å². The maximum absolute atomic E-state index is 12.5. The second-order valence-electron chi connectivity index (χ2n) is 4.04. The molecule has 0 amide bonds. The van der Waals surface area contributed by atoms with Gasteiger partial charge in [-0.3, -0.25) is 0 Å². The lowest BCUT2D eigenvalue weighted by atomic mass is 10.0. The summed E-state index contributed by atoms with van der Waals surface area (Å²) in [6.07, 6.45) is 0.768. The molecule has 1 aromatic rings. The third kappa shape index (κ3) is 4.23. The van der Waals surface area contributed by atoms with Crippen LogP contribution < -0.4 is 10.5 Å². The molecule has 0 atom stereocenters. The molecule has 14 heavy (non-hydrogen) atoms. The number of halogens is 1. The Hall–Kier alpha value is -1.09. The summed E-state index contributed by atoms with van der Waals surface area (Å²) in [4.78, 5) is 0. The molecule has 0 unspecified atom stereocenters. The van der Waals surface area contributed by atoms with E-state index in [0.717, 1.165) is 6.42 Å². The molecule has 0 fully saturated rings. The molecule has 0 aliphatic rings. The first-order chi connectivity index (χ1) is 6.47. The van der Waals surface area contributed by atoms with E-state index >= 15 is 0 Å². The van der Waals surface area contributed by atoms with E-state index in [1.807, 2.05) is 13.8 Å². The maximum atomic E-state index is 12.5. The standard InChI is InChI=1S/C11H16FNO/c1-11(2,13)7-8-14-10-5-3-9(12)4-6-10/h3-6H,7-8,13H2,1-2H3. The molecule has 1 rings (SSSR count). The molecule has 1 aromatic carbocycles. The van der Waals surface area contributed by atoms with Crippen LogP contribution in [-0.4, -0.2) is 12.1 Å². The molecule has 0 heterocycles. The van der Waals surface area contributed by atoms with Gasteiger partial charge >= 0.3 is 0 Å². The van der Waals surface area contributed by atoms with E-state index in [1.54, 1.807) is 12.1 Å². The Labute approximate surface area is 83.9 Å². The van der Waals surface area contributed by atoms with Crippen LogP contribution in [0, 0.1) is 5.82 Å². The third-order valence-electron chi connectivity index (χ3n) is 1.83. The minimum Gasteiger partial charge on any atom is -0.494 e. The molecule has 0 bridgehead atoms. The highest BCUT2D eigenvalue weighted by atomic mass is 19.1. The van der Waals surface area contributed by atoms with Gasteiger partial charge in [0.1, 0.15) is 11.6 Å². The first kappa shape index (κ1) is 11.0. The molecule has 0 aliphatic carbocycles. The maximum Gasteiger partial charge on any atom is 0.123 e. The van der Waals surface area contributed by atoms with Gasteiger partial charge in [0.15, 0.2) is 0 Å². The van der Waals surface area contributed by atoms with Gasteiger partial charge in [-0.2, -0.15) is 0 Å². The minimum atomic E-state index is -0.253. The first-order valence-corrected chi connectivity index (χ1v) is 4.65. The van der Waals surface area contributed by atoms with Crippen LogP contribution in [0.1, 0.15) is 20.3 Å². The van der Waals surface area contributed by atoms with Crippen LogP contribution in [0.2, 0.25) is 0 Å². The van der Waals surface area contributed by atoms with E-state index in [2.05, 4.69) is 0 Å². The predicted octanol–water partition coefficient (Wildman–Crippen LogP) is 2.33. The van der Waals surface area contributed by atoms with Crippen LogP contribution in [-0.2, 0) is 0 Å². The summed E-state index contributed by atoms with van der Waals surface area (Å²) in [5, 5.41) is 0. The van der Waals surface area contributed by atoms with E-state index in [9.17, 15) is 4.39 Å². The van der Waals surface area contributed by atoms with Crippen LogP contribution in [0.3, 0.4) is 0 Å². The molecule has 2 nitrogen and oxygen atoms in total. The summed E-state index contributed by atoms with van der Waals surface area (Å²) >= 11 is 0. The second-order valence-corrected chi connectivity index (χ2v) is 4.04. The minimum absolute atomic E-state index is 0.222. The van der Waals surface area contributed by atoms with Crippen molar-refractivity contribution in [1.82, 2.24) is 0 Å². The molecule has 3 heteroatoms. The highest BCUT2D eigenvalue weighted by Gasteiger charge is 2.09. The molecule has 78 valence electrons. The Morgan fingerprint density at radius 2 is 1.86 bits per heavy atom. The monoisotopic (exact) mass is 197 g/mol. The number of ether oxygens (including phenoxy) is 1. The largest absolute Gasteiger partial charge is 0.494 e. The van der Waals surface area contributed by atoms with Crippen molar-refractivity contribution in [2.75, 3.05) is 6.61 Å². The van der Waals surface area contributed by atoms with Crippen molar-refractivity contribution in [2.45, 2.75) is 25.8 Å². The highest BCUT2D eigenvalue weighted by Crippen LogP contribution is 2.12. The Kier molecular flexibility index (Phi) is 3.47. The van der Waals surface area contributed by atoms with Crippen LogP contribution in [0.4, 0.5) is 4.39 Å². The third-order valence-corrected chi connectivity index (χ3v) is 1.83.